The van der Waals surface area contributed by atoms with Crippen molar-refractivity contribution in [2.24, 2.45) is 22.4 Å². The van der Waals surface area contributed by atoms with Gasteiger partial charge < -0.3 is 21.7 Å². The van der Waals surface area contributed by atoms with Crippen molar-refractivity contribution in [3.8, 4) is 5.75 Å². The molecule has 0 aliphatic carbocycles. The molecule has 0 bridgehead atoms. The third-order valence-corrected chi connectivity index (χ3v) is 5.93. The van der Waals surface area contributed by atoms with E-state index in [1.54, 1.807) is 30.3 Å². The number of nitrogens with one attached hydrogen (secondary N) is 1. The Hall–Kier alpha value is -3.47. The molecule has 2 rings (SSSR count). The van der Waals surface area contributed by atoms with Gasteiger partial charge in [-0.05, 0) is 48.2 Å². The molecule has 192 valence electrons. The number of aromatic hydroxyl groups is 1. The summed E-state index contributed by atoms with van der Waals surface area (Å²) < 4.78 is 0. The van der Waals surface area contributed by atoms with E-state index in [-0.39, 0.29) is 37.9 Å². The van der Waals surface area contributed by atoms with Gasteiger partial charge >= 0.3 is 5.97 Å². The van der Waals surface area contributed by atoms with Gasteiger partial charge in [-0.3, -0.25) is 24.5 Å². The lowest BCUT2D eigenvalue weighted by atomic mass is 9.92. The zero-order valence-electron chi connectivity index (χ0n) is 19.1. The highest BCUT2D eigenvalue weighted by Crippen LogP contribution is 2.24. The third kappa shape index (κ3) is 9.29. The first-order valence-corrected chi connectivity index (χ1v) is 11.6. The molecule has 0 aromatic heterocycles. The zero-order chi connectivity index (χ0) is 26.8. The second-order valence-electron chi connectivity index (χ2n) is 8.04. The first-order valence-electron chi connectivity index (χ1n) is 10.8. The lowest BCUT2D eigenvalue weighted by Gasteiger charge is -2.15. The summed E-state index contributed by atoms with van der Waals surface area (Å²) in [4.78, 5) is 51.9. The molecule has 2 amide bonds. The second kappa shape index (κ2) is 13.6. The summed E-state index contributed by atoms with van der Waals surface area (Å²) in [6.45, 7) is 0. The standard InChI is InChI=1S/C24H26Cl2N4O6/c25-17-2-1-3-18(26)16(17)12-22(34)30-24(28)29-21(33)9-6-14(23(35)36)11-20(32)19(27)10-13-4-7-15(31)8-5-13/h1-5,7-8,14,19,31H,6,9-12,27H2,(H,35,36)(H3,28,29,30,33,34)/t14-,19-/m1/s1. The minimum Gasteiger partial charge on any atom is -0.508 e. The number of aliphatic carboxylic acids is 1. The van der Waals surface area contributed by atoms with Crippen LogP contribution in [0.2, 0.25) is 10.0 Å². The van der Waals surface area contributed by atoms with Crippen molar-refractivity contribution in [2.75, 3.05) is 0 Å². The number of benzene rings is 2. The van der Waals surface area contributed by atoms with Crippen LogP contribution >= 0.6 is 23.2 Å². The molecule has 12 heteroatoms. The van der Waals surface area contributed by atoms with Crippen LogP contribution in [0.5, 0.6) is 5.75 Å². The van der Waals surface area contributed by atoms with E-state index in [0.717, 1.165) is 0 Å². The van der Waals surface area contributed by atoms with Gasteiger partial charge in [0.1, 0.15) is 5.75 Å². The van der Waals surface area contributed by atoms with Crippen molar-refractivity contribution in [1.82, 2.24) is 5.32 Å². The quantitative estimate of drug-likeness (QED) is 0.213. The minimum atomic E-state index is -1.25. The van der Waals surface area contributed by atoms with Crippen LogP contribution in [0.15, 0.2) is 47.5 Å². The van der Waals surface area contributed by atoms with Gasteiger partial charge in [-0.15, -0.1) is 0 Å². The molecule has 2 aromatic rings. The number of rotatable bonds is 11. The number of nitrogens with two attached hydrogens (primary N) is 2. The molecule has 0 fully saturated rings. The van der Waals surface area contributed by atoms with Crippen molar-refractivity contribution >= 4 is 52.7 Å². The Balaban J connectivity index is 1.87. The van der Waals surface area contributed by atoms with Gasteiger partial charge in [-0.2, -0.15) is 4.99 Å². The number of carbonyl (C=O) groups is 4. The summed E-state index contributed by atoms with van der Waals surface area (Å²) in [7, 11) is 0. The van der Waals surface area contributed by atoms with E-state index in [1.807, 2.05) is 0 Å². The summed E-state index contributed by atoms with van der Waals surface area (Å²) in [6.07, 6.45) is -0.882. The number of phenols is 1. The van der Waals surface area contributed by atoms with Crippen molar-refractivity contribution in [1.29, 1.82) is 0 Å². The number of aliphatic imine (C=N–C) groups is 1. The first-order chi connectivity index (χ1) is 17.0. The number of carboxylic acid groups (broad SMARTS) is 1. The number of ketones is 1. The van der Waals surface area contributed by atoms with Crippen molar-refractivity contribution < 1.29 is 29.4 Å². The fraction of sp³-hybridized carbons (Fsp3) is 0.292. The molecule has 0 heterocycles. The van der Waals surface area contributed by atoms with Crippen molar-refractivity contribution in [3.63, 3.8) is 0 Å². The van der Waals surface area contributed by atoms with E-state index >= 15 is 0 Å². The van der Waals surface area contributed by atoms with Gasteiger partial charge in [0.2, 0.25) is 17.8 Å². The lowest BCUT2D eigenvalue weighted by molar-refractivity contribution is -0.144. The molecule has 7 N–H and O–H groups in total. The van der Waals surface area contributed by atoms with E-state index in [1.165, 1.54) is 12.1 Å². The van der Waals surface area contributed by atoms with Crippen LogP contribution in [0.4, 0.5) is 0 Å². The Bertz CT molecular complexity index is 1130. The lowest BCUT2D eigenvalue weighted by Crippen LogP contribution is -2.38. The highest BCUT2D eigenvalue weighted by molar-refractivity contribution is 6.36. The molecular formula is C24H26Cl2N4O6. The number of Topliss-reactive ketones (excluding diaryl/α,β-unsaturated/α-hetero) is 1. The van der Waals surface area contributed by atoms with Gasteiger partial charge in [0.25, 0.3) is 0 Å². The van der Waals surface area contributed by atoms with Crippen LogP contribution < -0.4 is 16.8 Å². The summed E-state index contributed by atoms with van der Waals surface area (Å²) in [5.41, 5.74) is 12.6. The van der Waals surface area contributed by atoms with Crippen LogP contribution in [0, 0.1) is 5.92 Å². The zero-order valence-corrected chi connectivity index (χ0v) is 20.6. The van der Waals surface area contributed by atoms with Gasteiger partial charge in [0.05, 0.1) is 18.4 Å². The summed E-state index contributed by atoms with van der Waals surface area (Å²) >= 11 is 12.0. The van der Waals surface area contributed by atoms with E-state index in [9.17, 15) is 29.4 Å². The van der Waals surface area contributed by atoms with Gasteiger partial charge in [-0.25, -0.2) is 0 Å². The Morgan fingerprint density at radius 1 is 1.03 bits per heavy atom. The smallest absolute Gasteiger partial charge is 0.306 e. The maximum Gasteiger partial charge on any atom is 0.306 e. The monoisotopic (exact) mass is 536 g/mol. The first kappa shape index (κ1) is 28.8. The average Bonchev–Trinajstić information content (AvgIpc) is 2.80. The molecule has 0 spiro atoms. The maximum absolute atomic E-state index is 12.4. The second-order valence-corrected chi connectivity index (χ2v) is 8.85. The molecule has 2 aromatic carbocycles. The van der Waals surface area contributed by atoms with Gasteiger partial charge in [0, 0.05) is 22.9 Å². The van der Waals surface area contributed by atoms with Crippen LogP contribution in [0.1, 0.15) is 30.4 Å². The van der Waals surface area contributed by atoms with Crippen LogP contribution in [-0.2, 0) is 32.0 Å². The largest absolute Gasteiger partial charge is 0.508 e. The predicted octanol–water partition coefficient (Wildman–Crippen LogP) is 2.21. The number of carboxylic acids is 1. The molecule has 0 unspecified atom stereocenters. The molecular weight excluding hydrogens is 511 g/mol. The number of phenolic OH excluding ortho intramolecular Hbond substituents is 1. The number of guanidine groups is 1. The highest BCUT2D eigenvalue weighted by atomic mass is 35.5. The topological polar surface area (TPSA) is 185 Å². The Morgan fingerprint density at radius 3 is 2.22 bits per heavy atom. The van der Waals surface area contributed by atoms with Crippen molar-refractivity contribution in [2.45, 2.75) is 38.1 Å². The highest BCUT2D eigenvalue weighted by Gasteiger charge is 2.25. The molecule has 36 heavy (non-hydrogen) atoms. The number of carbonyl (C=O) groups excluding carboxylic acids is 3. The number of hydrogen-bond donors (Lipinski definition) is 5. The number of halogens is 2. The third-order valence-electron chi connectivity index (χ3n) is 5.22. The van der Waals surface area contributed by atoms with E-state index in [0.29, 0.717) is 21.2 Å². The number of nitrogens with zero attached hydrogens (tertiary/aromatic N) is 1. The van der Waals surface area contributed by atoms with E-state index < -0.39 is 41.5 Å². The molecule has 0 aliphatic rings. The number of hydrogen-bond acceptors (Lipinski definition) is 6. The average molecular weight is 537 g/mol. The summed E-state index contributed by atoms with van der Waals surface area (Å²) in [5.74, 6) is -4.65. The summed E-state index contributed by atoms with van der Waals surface area (Å²) in [6, 6.07) is 9.96. The van der Waals surface area contributed by atoms with E-state index in [2.05, 4.69) is 10.3 Å². The molecule has 0 saturated heterocycles. The number of amides is 2. The Kier molecular flexibility index (Phi) is 10.8. The Morgan fingerprint density at radius 2 is 1.64 bits per heavy atom. The normalized spacial score (nSPS) is 13.0. The SMILES string of the molecule is NC(=NC(=O)CC[C@H](CC(=O)[C@H](N)Cc1ccc(O)cc1)C(=O)O)NC(=O)Cc1c(Cl)cccc1Cl. The summed E-state index contributed by atoms with van der Waals surface area (Å²) in [5, 5.41) is 21.6. The van der Waals surface area contributed by atoms with Crippen LogP contribution in [0.3, 0.4) is 0 Å². The molecule has 10 nitrogen and oxygen atoms in total. The van der Waals surface area contributed by atoms with Crippen LogP contribution in [0.25, 0.3) is 0 Å². The van der Waals surface area contributed by atoms with Crippen molar-refractivity contribution in [3.05, 3.63) is 63.6 Å². The minimum absolute atomic E-state index is 0.0714. The molecule has 0 saturated carbocycles. The van der Waals surface area contributed by atoms with Gasteiger partial charge in [-0.1, -0.05) is 41.4 Å². The fourth-order valence-electron chi connectivity index (χ4n) is 3.27. The predicted molar refractivity (Wildman–Crippen MR) is 135 cm³/mol. The van der Waals surface area contributed by atoms with Gasteiger partial charge in [0.15, 0.2) is 5.78 Å². The molecule has 0 radical (unpaired) electrons. The molecule has 2 atom stereocenters. The van der Waals surface area contributed by atoms with Crippen LogP contribution in [-0.4, -0.2) is 45.8 Å². The molecule has 0 aliphatic heterocycles. The maximum atomic E-state index is 12.4. The van der Waals surface area contributed by atoms with E-state index in [4.69, 9.17) is 34.7 Å². The fourth-order valence-corrected chi connectivity index (χ4v) is 3.80. The Labute approximate surface area is 217 Å².